The fraction of sp³-hybridized carbons (Fsp3) is 0.148. The van der Waals surface area contributed by atoms with Gasteiger partial charge in [-0.2, -0.15) is 0 Å². The molecule has 0 aliphatic carbocycles. The van der Waals surface area contributed by atoms with Crippen LogP contribution < -0.4 is 9.64 Å². The summed E-state index contributed by atoms with van der Waals surface area (Å²) in [4.78, 5) is 32.9. The molecule has 0 bridgehead atoms. The number of nitrogens with zero attached hydrogens (tertiary/aromatic N) is 2. The SMILES string of the molecule is COc1ccccc1[C@@H]1C(=C(O)c2ccccc2)C(=O)C(=O)N1c1nc2c(C)cc(C)cc2s1. The highest BCUT2D eigenvalue weighted by Gasteiger charge is 2.49. The first-order valence-electron chi connectivity index (χ1n) is 10.8. The number of aryl methyl sites for hydroxylation is 2. The zero-order chi connectivity index (χ0) is 24.0. The van der Waals surface area contributed by atoms with E-state index in [-0.39, 0.29) is 11.3 Å². The molecule has 1 fully saturated rings. The summed E-state index contributed by atoms with van der Waals surface area (Å²) in [5.41, 5.74) is 3.92. The zero-order valence-corrected chi connectivity index (χ0v) is 19.7. The number of ketones is 1. The lowest BCUT2D eigenvalue weighted by Gasteiger charge is -2.24. The average molecular weight is 471 g/mol. The van der Waals surface area contributed by atoms with Crippen molar-refractivity contribution in [1.29, 1.82) is 0 Å². The quantitative estimate of drug-likeness (QED) is 0.240. The van der Waals surface area contributed by atoms with Crippen LogP contribution in [0.3, 0.4) is 0 Å². The van der Waals surface area contributed by atoms with Crippen LogP contribution >= 0.6 is 11.3 Å². The maximum absolute atomic E-state index is 13.4. The van der Waals surface area contributed by atoms with Crippen LogP contribution in [0.2, 0.25) is 0 Å². The molecule has 1 aromatic heterocycles. The van der Waals surface area contributed by atoms with E-state index in [0.717, 1.165) is 21.3 Å². The number of hydrogen-bond acceptors (Lipinski definition) is 6. The number of aliphatic hydroxyl groups excluding tert-OH is 1. The lowest BCUT2D eigenvalue weighted by Crippen LogP contribution is -2.29. The maximum Gasteiger partial charge on any atom is 0.301 e. The minimum Gasteiger partial charge on any atom is -0.507 e. The van der Waals surface area contributed by atoms with Gasteiger partial charge in [0.1, 0.15) is 17.6 Å². The fourth-order valence-electron chi connectivity index (χ4n) is 4.43. The van der Waals surface area contributed by atoms with Crippen molar-refractivity contribution in [3.8, 4) is 5.75 Å². The number of carbonyl (C=O) groups excluding carboxylic acids is 2. The molecule has 1 saturated heterocycles. The Balaban J connectivity index is 1.78. The van der Waals surface area contributed by atoms with Gasteiger partial charge < -0.3 is 9.84 Å². The fourth-order valence-corrected chi connectivity index (χ4v) is 5.60. The van der Waals surface area contributed by atoms with Crippen LogP contribution in [0.1, 0.15) is 28.3 Å². The number of carbonyl (C=O) groups is 2. The van der Waals surface area contributed by atoms with E-state index < -0.39 is 17.7 Å². The number of hydrogen-bond donors (Lipinski definition) is 1. The third-order valence-corrected chi connectivity index (χ3v) is 6.95. The van der Waals surface area contributed by atoms with E-state index in [1.807, 2.05) is 44.2 Å². The van der Waals surface area contributed by atoms with Gasteiger partial charge in [-0.25, -0.2) is 4.98 Å². The van der Waals surface area contributed by atoms with Gasteiger partial charge in [0, 0.05) is 11.1 Å². The molecular formula is C27H22N2O4S. The topological polar surface area (TPSA) is 79.7 Å². The third kappa shape index (κ3) is 3.45. The number of thiazole rings is 1. The molecule has 0 saturated carbocycles. The molecule has 7 heteroatoms. The minimum absolute atomic E-state index is 0.00728. The summed E-state index contributed by atoms with van der Waals surface area (Å²) in [5, 5.41) is 11.6. The first-order valence-corrected chi connectivity index (χ1v) is 11.6. The van der Waals surface area contributed by atoms with E-state index in [9.17, 15) is 14.7 Å². The van der Waals surface area contributed by atoms with Gasteiger partial charge in [0.05, 0.1) is 22.9 Å². The van der Waals surface area contributed by atoms with Gasteiger partial charge in [-0.1, -0.05) is 65.9 Å². The number of Topliss-reactive ketones (excluding diaryl/α,β-unsaturated/α-hetero) is 1. The molecule has 1 N–H and O–H groups in total. The molecule has 4 aromatic rings. The molecule has 170 valence electrons. The van der Waals surface area contributed by atoms with Crippen LogP contribution in [0.15, 0.2) is 72.3 Å². The first-order chi connectivity index (χ1) is 16.4. The van der Waals surface area contributed by atoms with Gasteiger partial charge in [0.25, 0.3) is 5.78 Å². The molecule has 1 amide bonds. The van der Waals surface area contributed by atoms with Gasteiger partial charge in [-0.05, 0) is 37.1 Å². The average Bonchev–Trinajstić information content (AvgIpc) is 3.37. The van der Waals surface area contributed by atoms with E-state index in [1.165, 1.54) is 23.3 Å². The van der Waals surface area contributed by atoms with Crippen LogP contribution in [-0.4, -0.2) is 28.9 Å². The molecular weight excluding hydrogens is 448 g/mol. The Morgan fingerprint density at radius 2 is 1.74 bits per heavy atom. The first kappa shape index (κ1) is 21.9. The van der Waals surface area contributed by atoms with Crippen molar-refractivity contribution in [1.82, 2.24) is 4.98 Å². The van der Waals surface area contributed by atoms with Gasteiger partial charge in [-0.3, -0.25) is 14.5 Å². The van der Waals surface area contributed by atoms with E-state index in [0.29, 0.717) is 22.0 Å². The standard InChI is InChI=1S/C27H22N2O4S/c1-15-13-16(2)22-20(14-15)34-27(28-22)29-23(18-11-7-8-12-19(18)33-3)21(25(31)26(29)32)24(30)17-9-5-4-6-10-17/h4-14,23,30H,1-3H3/t23-/m1/s1. The predicted octanol–water partition coefficient (Wildman–Crippen LogP) is 5.55. The van der Waals surface area contributed by atoms with E-state index in [2.05, 4.69) is 0 Å². The van der Waals surface area contributed by atoms with Crippen molar-refractivity contribution >= 4 is 44.1 Å². The number of aliphatic hydroxyl groups is 1. The summed E-state index contributed by atoms with van der Waals surface area (Å²) in [7, 11) is 1.53. The molecule has 5 rings (SSSR count). The number of rotatable bonds is 4. The van der Waals surface area contributed by atoms with Crippen molar-refractivity contribution in [3.63, 3.8) is 0 Å². The molecule has 34 heavy (non-hydrogen) atoms. The van der Waals surface area contributed by atoms with E-state index >= 15 is 0 Å². The second-order valence-corrected chi connectivity index (χ2v) is 9.21. The van der Waals surface area contributed by atoms with Crippen LogP contribution in [0, 0.1) is 13.8 Å². The number of benzene rings is 3. The summed E-state index contributed by atoms with van der Waals surface area (Å²) < 4.78 is 6.50. The van der Waals surface area contributed by atoms with Gasteiger partial charge in [0.2, 0.25) is 0 Å². The summed E-state index contributed by atoms with van der Waals surface area (Å²) >= 11 is 1.35. The van der Waals surface area contributed by atoms with Crippen molar-refractivity contribution in [2.24, 2.45) is 0 Å². The number of fused-ring (bicyclic) bond motifs is 1. The molecule has 0 spiro atoms. The smallest absolute Gasteiger partial charge is 0.301 e. The number of amides is 1. The Labute approximate surface area is 200 Å². The van der Waals surface area contributed by atoms with E-state index in [1.54, 1.807) is 36.4 Å². The van der Waals surface area contributed by atoms with Crippen molar-refractivity contribution in [3.05, 3.63) is 94.6 Å². The normalized spacial score (nSPS) is 17.5. The van der Waals surface area contributed by atoms with Crippen molar-refractivity contribution in [2.45, 2.75) is 19.9 Å². The minimum atomic E-state index is -0.890. The van der Waals surface area contributed by atoms with Gasteiger partial charge in [-0.15, -0.1) is 0 Å². The van der Waals surface area contributed by atoms with Crippen molar-refractivity contribution in [2.75, 3.05) is 12.0 Å². The summed E-state index contributed by atoms with van der Waals surface area (Å²) in [6, 6.07) is 19.1. The second kappa shape index (κ2) is 8.43. The number of methoxy groups -OCH3 is 1. The maximum atomic E-state index is 13.4. The van der Waals surface area contributed by atoms with Crippen LogP contribution in [0.5, 0.6) is 5.75 Å². The Morgan fingerprint density at radius 1 is 1.03 bits per heavy atom. The highest BCUT2D eigenvalue weighted by molar-refractivity contribution is 7.22. The molecule has 1 atom stereocenters. The number of para-hydroxylation sites is 1. The van der Waals surface area contributed by atoms with Gasteiger partial charge in [0.15, 0.2) is 5.13 Å². The molecule has 6 nitrogen and oxygen atoms in total. The van der Waals surface area contributed by atoms with Crippen molar-refractivity contribution < 1.29 is 19.4 Å². The summed E-state index contributed by atoms with van der Waals surface area (Å²) in [6.45, 7) is 3.98. The molecule has 2 heterocycles. The highest BCUT2D eigenvalue weighted by atomic mass is 32.1. The molecule has 1 aliphatic heterocycles. The summed E-state index contributed by atoms with van der Waals surface area (Å²) in [5.74, 6) is -1.22. The van der Waals surface area contributed by atoms with Gasteiger partial charge >= 0.3 is 5.91 Å². The van der Waals surface area contributed by atoms with Crippen LogP contribution in [-0.2, 0) is 9.59 Å². The zero-order valence-electron chi connectivity index (χ0n) is 18.9. The van der Waals surface area contributed by atoms with Crippen LogP contribution in [0.4, 0.5) is 5.13 Å². The predicted molar refractivity (Wildman–Crippen MR) is 133 cm³/mol. The third-order valence-electron chi connectivity index (χ3n) is 5.95. The summed E-state index contributed by atoms with van der Waals surface area (Å²) in [6.07, 6.45) is 0. The molecule has 3 aromatic carbocycles. The lowest BCUT2D eigenvalue weighted by molar-refractivity contribution is -0.132. The van der Waals surface area contributed by atoms with E-state index in [4.69, 9.17) is 9.72 Å². The monoisotopic (exact) mass is 470 g/mol. The Bertz CT molecular complexity index is 1470. The number of aromatic nitrogens is 1. The second-order valence-electron chi connectivity index (χ2n) is 8.20. The Kier molecular flexibility index (Phi) is 5.42. The Hall–Kier alpha value is -3.97. The highest BCUT2D eigenvalue weighted by Crippen LogP contribution is 2.46. The van der Waals surface area contributed by atoms with Crippen LogP contribution in [0.25, 0.3) is 16.0 Å². The number of anilines is 1. The molecule has 0 unspecified atom stereocenters. The number of ether oxygens (including phenoxy) is 1. The lowest BCUT2D eigenvalue weighted by atomic mass is 9.95. The Morgan fingerprint density at radius 3 is 2.47 bits per heavy atom. The molecule has 0 radical (unpaired) electrons. The largest absolute Gasteiger partial charge is 0.507 e. The molecule has 1 aliphatic rings.